The van der Waals surface area contributed by atoms with Crippen LogP contribution in [-0.2, 0) is 0 Å². The van der Waals surface area contributed by atoms with Crippen molar-refractivity contribution in [3.05, 3.63) is 29.8 Å². The van der Waals surface area contributed by atoms with Crippen LogP contribution in [0.5, 0.6) is 0 Å². The summed E-state index contributed by atoms with van der Waals surface area (Å²) in [5.41, 5.74) is 2.15. The Morgan fingerprint density at radius 2 is 2.19 bits per heavy atom. The van der Waals surface area contributed by atoms with Crippen molar-refractivity contribution in [3.63, 3.8) is 0 Å². The minimum absolute atomic E-state index is 0.00136. The first-order chi connectivity index (χ1) is 7.65. The molecular weight excluding hydrogens is 228 g/mol. The fourth-order valence-electron chi connectivity index (χ4n) is 1.32. The molecule has 1 aromatic rings. The predicted octanol–water partition coefficient (Wildman–Crippen LogP) is 2.26. The lowest BCUT2D eigenvalue weighted by Gasteiger charge is -2.08. The molecule has 0 atom stereocenters. The van der Waals surface area contributed by atoms with Gasteiger partial charge in [0.15, 0.2) is 0 Å². The standard InChI is InChI=1S/C11H13ClN2O2/c1-8(13-6-7-15)9-4-2-3-5-10(9)14-11(12)16/h2-5,15H,6-7H2,1H3,(H,14,16). The van der Waals surface area contributed by atoms with Gasteiger partial charge in [0, 0.05) is 11.3 Å². The Hall–Kier alpha value is -1.39. The highest BCUT2D eigenvalue weighted by atomic mass is 35.5. The van der Waals surface area contributed by atoms with Crippen molar-refractivity contribution in [2.24, 2.45) is 4.99 Å². The summed E-state index contributed by atoms with van der Waals surface area (Å²) in [4.78, 5) is 14.9. The summed E-state index contributed by atoms with van der Waals surface area (Å²) >= 11 is 5.26. The molecule has 0 unspecified atom stereocenters. The van der Waals surface area contributed by atoms with Crippen LogP contribution in [-0.4, -0.2) is 29.3 Å². The third-order valence-electron chi connectivity index (χ3n) is 2.00. The highest BCUT2D eigenvalue weighted by molar-refractivity contribution is 6.65. The summed E-state index contributed by atoms with van der Waals surface area (Å²) in [7, 11) is 0. The lowest BCUT2D eigenvalue weighted by atomic mass is 10.1. The smallest absolute Gasteiger partial charge is 0.318 e. The average Bonchev–Trinajstić information content (AvgIpc) is 2.26. The molecule has 1 aromatic carbocycles. The molecule has 0 fully saturated rings. The number of halogens is 1. The lowest BCUT2D eigenvalue weighted by molar-refractivity contribution is 0.269. The van der Waals surface area contributed by atoms with E-state index in [0.717, 1.165) is 11.3 Å². The zero-order valence-corrected chi connectivity index (χ0v) is 9.66. The van der Waals surface area contributed by atoms with Crippen molar-refractivity contribution >= 4 is 28.4 Å². The van der Waals surface area contributed by atoms with Crippen LogP contribution in [0.1, 0.15) is 12.5 Å². The zero-order chi connectivity index (χ0) is 12.0. The second-order valence-corrected chi connectivity index (χ2v) is 3.48. The molecule has 1 rings (SSSR count). The Labute approximate surface area is 99.0 Å². The number of aliphatic hydroxyl groups is 1. The van der Waals surface area contributed by atoms with Gasteiger partial charge in [-0.1, -0.05) is 18.2 Å². The summed E-state index contributed by atoms with van der Waals surface area (Å²) in [6.07, 6.45) is 0. The third-order valence-corrected chi connectivity index (χ3v) is 2.09. The Morgan fingerprint density at radius 3 is 2.81 bits per heavy atom. The maximum absolute atomic E-state index is 10.8. The number of hydrogen-bond donors (Lipinski definition) is 2. The number of nitrogens with one attached hydrogen (secondary N) is 1. The quantitative estimate of drug-likeness (QED) is 0.482. The molecule has 0 radical (unpaired) electrons. The molecule has 5 heteroatoms. The Balaban J connectivity index is 2.98. The van der Waals surface area contributed by atoms with E-state index in [-0.39, 0.29) is 6.61 Å². The first-order valence-electron chi connectivity index (χ1n) is 4.83. The van der Waals surface area contributed by atoms with Crippen LogP contribution in [0.25, 0.3) is 0 Å². The lowest BCUT2D eigenvalue weighted by Crippen LogP contribution is -2.07. The maximum Gasteiger partial charge on any atom is 0.318 e. The number of aliphatic imine (C=N–C) groups is 1. The molecule has 0 aromatic heterocycles. The molecule has 0 saturated heterocycles. The number of carbonyl (C=O) groups excluding carboxylic acids is 1. The Kier molecular flexibility index (Phi) is 4.95. The number of amides is 1. The van der Waals surface area contributed by atoms with E-state index >= 15 is 0 Å². The van der Waals surface area contributed by atoms with Gasteiger partial charge in [0.25, 0.3) is 0 Å². The Morgan fingerprint density at radius 1 is 1.50 bits per heavy atom. The van der Waals surface area contributed by atoms with Gasteiger partial charge in [-0.25, -0.2) is 0 Å². The molecule has 0 aliphatic rings. The fraction of sp³-hybridized carbons (Fsp3) is 0.273. The molecule has 16 heavy (non-hydrogen) atoms. The molecule has 2 N–H and O–H groups in total. The third kappa shape index (κ3) is 3.64. The van der Waals surface area contributed by atoms with Gasteiger partial charge in [0.05, 0.1) is 18.8 Å². The maximum atomic E-state index is 10.8. The van der Waals surface area contributed by atoms with E-state index in [1.807, 2.05) is 19.1 Å². The molecule has 4 nitrogen and oxygen atoms in total. The van der Waals surface area contributed by atoms with Gasteiger partial charge in [0.2, 0.25) is 0 Å². The van der Waals surface area contributed by atoms with Crippen molar-refractivity contribution in [1.82, 2.24) is 0 Å². The average molecular weight is 241 g/mol. The molecule has 86 valence electrons. The van der Waals surface area contributed by atoms with Crippen molar-refractivity contribution in [2.75, 3.05) is 18.5 Å². The van der Waals surface area contributed by atoms with Gasteiger partial charge in [0.1, 0.15) is 0 Å². The largest absolute Gasteiger partial charge is 0.394 e. The molecule has 0 aliphatic heterocycles. The second kappa shape index (κ2) is 6.25. The van der Waals surface area contributed by atoms with Gasteiger partial charge >= 0.3 is 5.37 Å². The summed E-state index contributed by atoms with van der Waals surface area (Å²) in [5.74, 6) is 0. The SMILES string of the molecule is CC(=NCCO)c1ccccc1NC(=O)Cl. The van der Waals surface area contributed by atoms with Crippen molar-refractivity contribution in [3.8, 4) is 0 Å². The first-order valence-corrected chi connectivity index (χ1v) is 5.20. The number of nitrogens with zero attached hydrogens (tertiary/aromatic N) is 1. The highest BCUT2D eigenvalue weighted by Crippen LogP contribution is 2.16. The van der Waals surface area contributed by atoms with Crippen LogP contribution in [0.15, 0.2) is 29.3 Å². The minimum Gasteiger partial charge on any atom is -0.394 e. The van der Waals surface area contributed by atoms with Gasteiger partial charge in [-0.15, -0.1) is 0 Å². The van der Waals surface area contributed by atoms with Crippen molar-refractivity contribution < 1.29 is 9.90 Å². The van der Waals surface area contributed by atoms with E-state index in [9.17, 15) is 4.79 Å². The monoisotopic (exact) mass is 240 g/mol. The minimum atomic E-state index is -0.637. The molecule has 0 bridgehead atoms. The van der Waals surface area contributed by atoms with Crippen molar-refractivity contribution in [1.29, 1.82) is 0 Å². The Bertz CT molecular complexity index is 405. The van der Waals surface area contributed by atoms with Crippen LogP contribution in [0, 0.1) is 0 Å². The van der Waals surface area contributed by atoms with E-state index in [0.29, 0.717) is 12.2 Å². The van der Waals surface area contributed by atoms with E-state index in [1.54, 1.807) is 12.1 Å². The van der Waals surface area contributed by atoms with Crippen LogP contribution in [0.2, 0.25) is 0 Å². The number of rotatable bonds is 4. The van der Waals surface area contributed by atoms with E-state index < -0.39 is 5.37 Å². The van der Waals surface area contributed by atoms with E-state index in [1.165, 1.54) is 0 Å². The van der Waals surface area contributed by atoms with Crippen LogP contribution >= 0.6 is 11.6 Å². The predicted molar refractivity (Wildman–Crippen MR) is 65.5 cm³/mol. The summed E-state index contributed by atoms with van der Waals surface area (Å²) in [5, 5.41) is 10.6. The number of benzene rings is 1. The van der Waals surface area contributed by atoms with E-state index in [2.05, 4.69) is 10.3 Å². The number of carbonyl (C=O) groups is 1. The van der Waals surface area contributed by atoms with Gasteiger partial charge in [-0.3, -0.25) is 9.79 Å². The number of anilines is 1. The topological polar surface area (TPSA) is 61.7 Å². The van der Waals surface area contributed by atoms with Gasteiger partial charge in [-0.05, 0) is 24.6 Å². The first kappa shape index (κ1) is 12.7. The number of aliphatic hydroxyl groups excluding tert-OH is 1. The normalized spacial score (nSPS) is 11.3. The van der Waals surface area contributed by atoms with Gasteiger partial charge < -0.3 is 10.4 Å². The highest BCUT2D eigenvalue weighted by Gasteiger charge is 2.06. The van der Waals surface area contributed by atoms with E-state index in [4.69, 9.17) is 16.7 Å². The van der Waals surface area contributed by atoms with Crippen LogP contribution < -0.4 is 5.32 Å². The molecule has 0 spiro atoms. The summed E-state index contributed by atoms with van der Waals surface area (Å²) in [6, 6.07) is 7.22. The summed E-state index contributed by atoms with van der Waals surface area (Å²) < 4.78 is 0. The fourth-order valence-corrected chi connectivity index (χ4v) is 1.42. The molecule has 0 saturated carbocycles. The molecule has 0 heterocycles. The van der Waals surface area contributed by atoms with Crippen molar-refractivity contribution in [2.45, 2.75) is 6.92 Å². The van der Waals surface area contributed by atoms with Crippen LogP contribution in [0.3, 0.4) is 0 Å². The zero-order valence-electron chi connectivity index (χ0n) is 8.90. The number of hydrogen-bond acceptors (Lipinski definition) is 3. The molecule has 0 aliphatic carbocycles. The molecular formula is C11H13ClN2O2. The van der Waals surface area contributed by atoms with Crippen LogP contribution in [0.4, 0.5) is 10.5 Å². The summed E-state index contributed by atoms with van der Waals surface area (Å²) in [6.45, 7) is 2.16. The number of para-hydroxylation sites is 1. The molecule has 1 amide bonds. The van der Waals surface area contributed by atoms with Gasteiger partial charge in [-0.2, -0.15) is 0 Å². The second-order valence-electron chi connectivity index (χ2n) is 3.14.